The van der Waals surface area contributed by atoms with Crippen molar-refractivity contribution in [2.24, 2.45) is 0 Å². The second-order valence-corrected chi connectivity index (χ2v) is 3.87. The van der Waals surface area contributed by atoms with Crippen molar-refractivity contribution >= 4 is 28.0 Å². The van der Waals surface area contributed by atoms with E-state index in [1.54, 1.807) is 30.4 Å². The number of halogens is 1. The maximum Gasteiger partial charge on any atom is 0.336 e. The molecule has 0 saturated carbocycles. The van der Waals surface area contributed by atoms with Gasteiger partial charge in [-0.1, -0.05) is 28.1 Å². The van der Waals surface area contributed by atoms with Crippen LogP contribution in [0.5, 0.6) is 0 Å². The fourth-order valence-corrected chi connectivity index (χ4v) is 1.53. The number of carboxylic acids is 1. The molecule has 0 aliphatic carbocycles. The molecule has 80 valence electrons. The van der Waals surface area contributed by atoms with Gasteiger partial charge in [0, 0.05) is 11.1 Å². The number of hydrogen-bond donors (Lipinski definition) is 2. The zero-order chi connectivity index (χ0) is 11.3. The van der Waals surface area contributed by atoms with Crippen LogP contribution >= 0.6 is 15.9 Å². The minimum Gasteiger partial charge on any atom is -0.478 e. The minimum atomic E-state index is -0.953. The summed E-state index contributed by atoms with van der Waals surface area (Å²) in [4.78, 5) is 10.9. The molecule has 15 heavy (non-hydrogen) atoms. The van der Waals surface area contributed by atoms with Crippen molar-refractivity contribution in [1.29, 1.82) is 0 Å². The lowest BCUT2D eigenvalue weighted by Gasteiger charge is -2.01. The number of carboxylic acid groups (broad SMARTS) is 1. The molecule has 0 fully saturated rings. The van der Waals surface area contributed by atoms with Crippen molar-refractivity contribution in [3.05, 3.63) is 39.9 Å². The van der Waals surface area contributed by atoms with Crippen molar-refractivity contribution in [3.8, 4) is 0 Å². The topological polar surface area (TPSA) is 57.5 Å². The van der Waals surface area contributed by atoms with Gasteiger partial charge in [0.05, 0.1) is 5.56 Å². The first-order chi connectivity index (χ1) is 7.15. The van der Waals surface area contributed by atoms with E-state index in [0.29, 0.717) is 12.0 Å². The zero-order valence-electron chi connectivity index (χ0n) is 7.98. The quantitative estimate of drug-likeness (QED) is 0.884. The molecule has 0 bridgehead atoms. The van der Waals surface area contributed by atoms with Gasteiger partial charge in [-0.25, -0.2) is 4.79 Å². The second-order valence-electron chi connectivity index (χ2n) is 2.95. The van der Waals surface area contributed by atoms with Crippen LogP contribution < -0.4 is 0 Å². The predicted octanol–water partition coefficient (Wildman–Crippen LogP) is 2.54. The first-order valence-electron chi connectivity index (χ1n) is 4.45. The molecule has 3 nitrogen and oxygen atoms in total. The molecule has 0 aliphatic heterocycles. The number of rotatable bonds is 4. The van der Waals surface area contributed by atoms with Crippen LogP contribution in [-0.4, -0.2) is 22.8 Å². The molecule has 0 saturated heterocycles. The van der Waals surface area contributed by atoms with Gasteiger partial charge >= 0.3 is 5.97 Å². The van der Waals surface area contributed by atoms with Crippen LogP contribution in [0.4, 0.5) is 0 Å². The Kier molecular flexibility index (Phi) is 4.52. The van der Waals surface area contributed by atoms with Crippen LogP contribution in [-0.2, 0) is 0 Å². The molecule has 0 amide bonds. The highest BCUT2D eigenvalue weighted by atomic mass is 79.9. The van der Waals surface area contributed by atoms with E-state index >= 15 is 0 Å². The van der Waals surface area contributed by atoms with Crippen molar-refractivity contribution in [1.82, 2.24) is 0 Å². The summed E-state index contributed by atoms with van der Waals surface area (Å²) in [6.07, 6.45) is 3.96. The summed E-state index contributed by atoms with van der Waals surface area (Å²) >= 11 is 3.28. The molecule has 0 aromatic heterocycles. The van der Waals surface area contributed by atoms with Gasteiger partial charge in [0.15, 0.2) is 0 Å². The van der Waals surface area contributed by atoms with Gasteiger partial charge in [-0.05, 0) is 30.2 Å². The number of aliphatic hydroxyl groups excluding tert-OH is 1. The lowest BCUT2D eigenvalue weighted by molar-refractivity contribution is 0.0696. The summed E-state index contributed by atoms with van der Waals surface area (Å²) in [6.45, 7) is 0.0624. The van der Waals surface area contributed by atoms with Crippen LogP contribution in [0.25, 0.3) is 6.08 Å². The molecule has 0 unspecified atom stereocenters. The van der Waals surface area contributed by atoms with Crippen molar-refractivity contribution in [2.75, 3.05) is 6.61 Å². The van der Waals surface area contributed by atoms with Crippen molar-refractivity contribution in [2.45, 2.75) is 6.42 Å². The number of aromatic carboxylic acids is 1. The molecule has 0 aliphatic rings. The molecule has 1 aromatic rings. The smallest absolute Gasteiger partial charge is 0.336 e. The van der Waals surface area contributed by atoms with E-state index in [4.69, 9.17) is 10.2 Å². The van der Waals surface area contributed by atoms with Gasteiger partial charge in [0.1, 0.15) is 0 Å². The first-order valence-corrected chi connectivity index (χ1v) is 5.24. The number of carbonyl (C=O) groups is 1. The van der Waals surface area contributed by atoms with E-state index in [0.717, 1.165) is 4.47 Å². The van der Waals surface area contributed by atoms with Gasteiger partial charge in [-0.15, -0.1) is 0 Å². The van der Waals surface area contributed by atoms with E-state index in [9.17, 15) is 4.79 Å². The van der Waals surface area contributed by atoms with E-state index in [-0.39, 0.29) is 12.2 Å². The molecule has 1 rings (SSSR count). The molecule has 2 N–H and O–H groups in total. The maximum atomic E-state index is 10.9. The number of hydrogen-bond acceptors (Lipinski definition) is 2. The predicted molar refractivity (Wildman–Crippen MR) is 61.8 cm³/mol. The Labute approximate surface area is 96.2 Å². The summed E-state index contributed by atoms with van der Waals surface area (Å²) in [5.74, 6) is -0.953. The second kappa shape index (κ2) is 5.68. The summed E-state index contributed by atoms with van der Waals surface area (Å²) in [5.41, 5.74) is 0.887. The van der Waals surface area contributed by atoms with Gasteiger partial charge in [-0.3, -0.25) is 0 Å². The minimum absolute atomic E-state index is 0.0624. The van der Waals surface area contributed by atoms with Crippen LogP contribution in [0.2, 0.25) is 0 Å². The molecule has 0 atom stereocenters. The summed E-state index contributed by atoms with van der Waals surface area (Å²) in [7, 11) is 0. The highest BCUT2D eigenvalue weighted by Gasteiger charge is 2.07. The van der Waals surface area contributed by atoms with Gasteiger partial charge in [0.25, 0.3) is 0 Å². The van der Waals surface area contributed by atoms with E-state index in [1.807, 2.05) is 0 Å². The van der Waals surface area contributed by atoms with Crippen molar-refractivity contribution < 1.29 is 15.0 Å². The SMILES string of the molecule is O=C(O)c1ccc(Br)cc1C=CCCO. The molecule has 4 heteroatoms. The van der Waals surface area contributed by atoms with Gasteiger partial charge in [0.2, 0.25) is 0 Å². The zero-order valence-corrected chi connectivity index (χ0v) is 9.57. The third-order valence-electron chi connectivity index (χ3n) is 1.84. The summed E-state index contributed by atoms with van der Waals surface area (Å²) in [5, 5.41) is 17.5. The largest absolute Gasteiger partial charge is 0.478 e. The summed E-state index contributed by atoms with van der Waals surface area (Å²) in [6, 6.07) is 4.97. The molecular weight excluding hydrogens is 260 g/mol. The molecule has 1 aromatic carbocycles. The lowest BCUT2D eigenvalue weighted by atomic mass is 10.1. The van der Waals surface area contributed by atoms with E-state index < -0.39 is 5.97 Å². The third kappa shape index (κ3) is 3.49. The van der Waals surface area contributed by atoms with Crippen LogP contribution in [0.15, 0.2) is 28.7 Å². The van der Waals surface area contributed by atoms with Crippen molar-refractivity contribution in [3.63, 3.8) is 0 Å². The highest BCUT2D eigenvalue weighted by Crippen LogP contribution is 2.18. The monoisotopic (exact) mass is 270 g/mol. The van der Waals surface area contributed by atoms with E-state index in [1.165, 1.54) is 0 Å². The summed E-state index contributed by atoms with van der Waals surface area (Å²) < 4.78 is 0.830. The van der Waals surface area contributed by atoms with Gasteiger partial charge < -0.3 is 10.2 Å². The fourth-order valence-electron chi connectivity index (χ4n) is 1.15. The molecular formula is C11H11BrO3. The highest BCUT2D eigenvalue weighted by molar-refractivity contribution is 9.10. The first kappa shape index (κ1) is 11.9. The Morgan fingerprint density at radius 2 is 2.20 bits per heavy atom. The Bertz CT molecular complexity index is 385. The lowest BCUT2D eigenvalue weighted by Crippen LogP contribution is -1.99. The van der Waals surface area contributed by atoms with Crippen LogP contribution in [0.3, 0.4) is 0 Å². The Balaban J connectivity index is 3.02. The average molecular weight is 271 g/mol. The molecule has 0 spiro atoms. The van der Waals surface area contributed by atoms with Crippen LogP contribution in [0, 0.1) is 0 Å². The standard InChI is InChI=1S/C11H11BrO3/c12-9-4-5-10(11(14)15)8(7-9)3-1-2-6-13/h1,3-5,7,13H,2,6H2,(H,14,15). The average Bonchev–Trinajstić information content (AvgIpc) is 2.18. The fraction of sp³-hybridized carbons (Fsp3) is 0.182. The van der Waals surface area contributed by atoms with Gasteiger partial charge in [-0.2, -0.15) is 0 Å². The Hall–Kier alpha value is -1.13. The Morgan fingerprint density at radius 1 is 1.47 bits per heavy atom. The normalized spacial score (nSPS) is 10.8. The Morgan fingerprint density at radius 3 is 2.80 bits per heavy atom. The number of benzene rings is 1. The van der Waals surface area contributed by atoms with E-state index in [2.05, 4.69) is 15.9 Å². The molecule has 0 heterocycles. The maximum absolute atomic E-state index is 10.9. The third-order valence-corrected chi connectivity index (χ3v) is 2.33. The van der Waals surface area contributed by atoms with Crippen LogP contribution in [0.1, 0.15) is 22.3 Å². The number of aliphatic hydroxyl groups is 1. The molecule has 0 radical (unpaired) electrons.